The highest BCUT2D eigenvalue weighted by molar-refractivity contribution is 5.97. The first-order chi connectivity index (χ1) is 16.3. The van der Waals surface area contributed by atoms with Crippen molar-refractivity contribution in [1.29, 1.82) is 0 Å². The second-order valence-corrected chi connectivity index (χ2v) is 13.0. The van der Waals surface area contributed by atoms with Gasteiger partial charge in [-0.3, -0.25) is 9.59 Å². The van der Waals surface area contributed by atoms with Crippen molar-refractivity contribution < 1.29 is 24.5 Å². The van der Waals surface area contributed by atoms with E-state index in [0.717, 1.165) is 12.8 Å². The van der Waals surface area contributed by atoms with Crippen molar-refractivity contribution in [3.05, 3.63) is 24.3 Å². The summed E-state index contributed by atoms with van der Waals surface area (Å²) >= 11 is 0. The van der Waals surface area contributed by atoms with E-state index >= 15 is 0 Å². The van der Waals surface area contributed by atoms with Crippen molar-refractivity contribution in [1.82, 2.24) is 0 Å². The fraction of sp³-hybridized carbons (Fsp3) is 0.800. The number of fused-ring (bicyclic) bond motifs is 5. The molecule has 4 aliphatic rings. The summed E-state index contributed by atoms with van der Waals surface area (Å²) in [5.41, 5.74) is -2.74. The highest BCUT2D eigenvalue weighted by Crippen LogP contribution is 2.68. The third kappa shape index (κ3) is 3.96. The highest BCUT2D eigenvalue weighted by Gasteiger charge is 2.71. The Hall–Kier alpha value is -1.46. The van der Waals surface area contributed by atoms with Crippen LogP contribution in [0.1, 0.15) is 80.6 Å². The lowest BCUT2D eigenvalue weighted by molar-refractivity contribution is -0.256. The number of hydrogen-bond acceptors (Lipinski definition) is 5. The van der Waals surface area contributed by atoms with Gasteiger partial charge in [-0.15, -0.1) is 0 Å². The Morgan fingerprint density at radius 3 is 2.49 bits per heavy atom. The second kappa shape index (κ2) is 9.13. The molecule has 0 aliphatic heterocycles. The summed E-state index contributed by atoms with van der Waals surface area (Å²) in [5.74, 6) is 1.36. The van der Waals surface area contributed by atoms with Crippen LogP contribution in [0.3, 0.4) is 0 Å². The second-order valence-electron chi connectivity index (χ2n) is 13.0. The van der Waals surface area contributed by atoms with Gasteiger partial charge in [0.1, 0.15) is 11.7 Å². The van der Waals surface area contributed by atoms with E-state index in [-0.39, 0.29) is 29.5 Å². The molecule has 0 radical (unpaired) electrons. The first-order valence-electron chi connectivity index (χ1n) is 13.7. The molecule has 196 valence electrons. The molecule has 5 nitrogen and oxygen atoms in total. The van der Waals surface area contributed by atoms with Gasteiger partial charge in [-0.2, -0.15) is 0 Å². The zero-order valence-electron chi connectivity index (χ0n) is 22.7. The maximum atomic E-state index is 13.4. The van der Waals surface area contributed by atoms with Crippen molar-refractivity contribution in [3.63, 3.8) is 0 Å². The van der Waals surface area contributed by atoms with Gasteiger partial charge in [0.05, 0.1) is 11.5 Å². The van der Waals surface area contributed by atoms with Crippen LogP contribution >= 0.6 is 0 Å². The Labute approximate surface area is 211 Å². The third-order valence-electron chi connectivity index (χ3n) is 11.0. The fourth-order valence-corrected chi connectivity index (χ4v) is 8.76. The molecule has 2 N–H and O–H groups in total. The zero-order valence-corrected chi connectivity index (χ0v) is 22.7. The van der Waals surface area contributed by atoms with Crippen LogP contribution in [0.2, 0.25) is 0 Å². The van der Waals surface area contributed by atoms with Crippen LogP contribution in [0, 0.1) is 52.3 Å². The van der Waals surface area contributed by atoms with E-state index in [1.165, 1.54) is 6.92 Å². The number of rotatable bonds is 5. The van der Waals surface area contributed by atoms with Crippen LogP contribution in [0.25, 0.3) is 0 Å². The summed E-state index contributed by atoms with van der Waals surface area (Å²) in [7, 11) is 0. The van der Waals surface area contributed by atoms with Crippen LogP contribution in [0.4, 0.5) is 0 Å². The average molecular weight is 487 g/mol. The van der Waals surface area contributed by atoms with Crippen LogP contribution in [0.5, 0.6) is 0 Å². The van der Waals surface area contributed by atoms with Gasteiger partial charge < -0.3 is 14.9 Å². The average Bonchev–Trinajstić information content (AvgIpc) is 3.10. The number of ketones is 1. The van der Waals surface area contributed by atoms with E-state index in [0.29, 0.717) is 42.4 Å². The topological polar surface area (TPSA) is 83.8 Å². The van der Waals surface area contributed by atoms with Gasteiger partial charge >= 0.3 is 5.97 Å². The summed E-state index contributed by atoms with van der Waals surface area (Å²) in [6.45, 7) is 14.6. The molecule has 0 amide bonds. The van der Waals surface area contributed by atoms with Gasteiger partial charge in [0, 0.05) is 12.8 Å². The molecule has 4 rings (SSSR count). The van der Waals surface area contributed by atoms with Crippen molar-refractivity contribution in [2.75, 3.05) is 0 Å². The summed E-state index contributed by atoms with van der Waals surface area (Å²) in [6, 6.07) is 0. The lowest BCUT2D eigenvalue weighted by atomic mass is 9.42. The molecular formula is C30H46O5. The van der Waals surface area contributed by atoms with E-state index in [2.05, 4.69) is 46.8 Å². The summed E-state index contributed by atoms with van der Waals surface area (Å²) in [5, 5.41) is 23.6. The molecule has 11 atom stereocenters. The molecule has 5 heteroatoms. The predicted molar refractivity (Wildman–Crippen MR) is 136 cm³/mol. The number of aliphatic hydroxyl groups is 2. The molecular weight excluding hydrogens is 440 g/mol. The molecule has 35 heavy (non-hydrogen) atoms. The molecule has 3 fully saturated rings. The molecule has 3 saturated carbocycles. The normalized spacial score (nSPS) is 46.7. The van der Waals surface area contributed by atoms with E-state index in [1.54, 1.807) is 12.2 Å². The smallest absolute Gasteiger partial charge is 0.303 e. The lowest BCUT2D eigenvalue weighted by Gasteiger charge is -2.64. The third-order valence-corrected chi connectivity index (χ3v) is 11.0. The van der Waals surface area contributed by atoms with Gasteiger partial charge in [0.2, 0.25) is 0 Å². The van der Waals surface area contributed by atoms with E-state index < -0.39 is 29.2 Å². The standard InChI is InChI=1S/C30H46O5/c1-17(2)18(3)10-11-19(4)22-12-13-23-21-15-26(35-20(5)31)30(34)14-8-9-25(33)29(30,7)27(21)24(32)16-28(22,23)6/h8-11,17-19,21-24,26-27,32,34H,12-16H2,1-7H3. The highest BCUT2D eigenvalue weighted by atomic mass is 16.6. The first-order valence-corrected chi connectivity index (χ1v) is 13.7. The number of allylic oxidation sites excluding steroid dienone is 3. The molecule has 0 heterocycles. The summed E-state index contributed by atoms with van der Waals surface area (Å²) in [6.07, 6.45) is 10.1. The van der Waals surface area contributed by atoms with Crippen LogP contribution in [-0.4, -0.2) is 39.8 Å². The van der Waals surface area contributed by atoms with Crippen molar-refractivity contribution in [2.24, 2.45) is 52.3 Å². The molecule has 0 aromatic carbocycles. The van der Waals surface area contributed by atoms with Gasteiger partial charge in [-0.1, -0.05) is 52.8 Å². The molecule has 0 saturated heterocycles. The Balaban J connectivity index is 1.70. The quantitative estimate of drug-likeness (QED) is 0.417. The van der Waals surface area contributed by atoms with Crippen molar-refractivity contribution >= 4 is 11.8 Å². The molecule has 0 spiro atoms. The van der Waals surface area contributed by atoms with Crippen molar-refractivity contribution in [3.8, 4) is 0 Å². The predicted octanol–water partition coefficient (Wildman–Crippen LogP) is 5.10. The number of esters is 1. The van der Waals surface area contributed by atoms with Gasteiger partial charge in [-0.25, -0.2) is 0 Å². The maximum Gasteiger partial charge on any atom is 0.303 e. The molecule has 0 aromatic heterocycles. The molecule has 0 aromatic rings. The summed E-state index contributed by atoms with van der Waals surface area (Å²) in [4.78, 5) is 25.5. The Kier molecular flexibility index (Phi) is 6.94. The molecule has 11 unspecified atom stereocenters. The molecule has 4 aliphatic carbocycles. The fourth-order valence-electron chi connectivity index (χ4n) is 8.76. The SMILES string of the molecule is CC(=O)OC1CC2C3CCC(C(C)C=CC(C)C(C)C)C3(C)CC(O)C2C2(C)C(=O)C=CCC12O. The van der Waals surface area contributed by atoms with E-state index in [9.17, 15) is 19.8 Å². The monoisotopic (exact) mass is 486 g/mol. The van der Waals surface area contributed by atoms with Crippen LogP contribution < -0.4 is 0 Å². The number of hydrogen-bond donors (Lipinski definition) is 2. The molecule has 0 bridgehead atoms. The van der Waals surface area contributed by atoms with Gasteiger partial charge in [0.25, 0.3) is 0 Å². The summed E-state index contributed by atoms with van der Waals surface area (Å²) < 4.78 is 5.74. The Morgan fingerprint density at radius 1 is 1.17 bits per heavy atom. The number of ether oxygens (including phenoxy) is 1. The van der Waals surface area contributed by atoms with E-state index in [1.807, 2.05) is 6.92 Å². The first kappa shape index (κ1) is 26.6. The zero-order chi connectivity index (χ0) is 25.9. The van der Waals surface area contributed by atoms with Gasteiger partial charge in [0.15, 0.2) is 5.78 Å². The van der Waals surface area contributed by atoms with Crippen LogP contribution in [-0.2, 0) is 14.3 Å². The largest absolute Gasteiger partial charge is 0.459 e. The minimum Gasteiger partial charge on any atom is -0.459 e. The lowest BCUT2D eigenvalue weighted by Crippen LogP contribution is -2.72. The number of carbonyl (C=O) groups excluding carboxylic acids is 2. The minimum atomic E-state index is -1.50. The van der Waals surface area contributed by atoms with E-state index in [4.69, 9.17) is 4.74 Å². The van der Waals surface area contributed by atoms with Crippen molar-refractivity contribution in [2.45, 2.75) is 98.4 Å². The number of aliphatic hydroxyl groups excluding tert-OH is 1. The minimum absolute atomic E-state index is 0.0181. The number of carbonyl (C=O) groups is 2. The van der Waals surface area contributed by atoms with Gasteiger partial charge in [-0.05, 0) is 86.0 Å². The Morgan fingerprint density at radius 2 is 1.86 bits per heavy atom. The van der Waals surface area contributed by atoms with Crippen LogP contribution in [0.15, 0.2) is 24.3 Å². The Bertz CT molecular complexity index is 906. The maximum absolute atomic E-state index is 13.4.